The molecule has 0 saturated carbocycles. The molecule has 1 amide bonds. The van der Waals surface area contributed by atoms with Crippen molar-refractivity contribution in [2.75, 3.05) is 19.8 Å². The number of carbonyl (C=O) groups excluding carboxylic acids is 1. The van der Waals surface area contributed by atoms with Crippen LogP contribution in [0, 0.1) is 6.92 Å². The average molecular weight is 278 g/mol. The first-order valence-corrected chi connectivity index (χ1v) is 5.41. The highest BCUT2D eigenvalue weighted by Gasteiger charge is 2.27. The number of alkyl halides is 3. The van der Waals surface area contributed by atoms with Crippen LogP contribution in [0.4, 0.5) is 13.2 Å². The second-order valence-electron chi connectivity index (χ2n) is 3.82. The largest absolute Gasteiger partial charge is 0.411 e. The maximum absolute atomic E-state index is 11.7. The van der Waals surface area contributed by atoms with Crippen molar-refractivity contribution in [2.24, 2.45) is 0 Å². The SMILES string of the molecule is Cc1cc(=O)c(C(=O)NCCOCC(F)(F)F)c[nH]1. The van der Waals surface area contributed by atoms with Crippen molar-refractivity contribution in [3.8, 4) is 0 Å². The molecule has 1 aromatic heterocycles. The van der Waals surface area contributed by atoms with E-state index in [9.17, 15) is 22.8 Å². The van der Waals surface area contributed by atoms with Crippen molar-refractivity contribution in [3.63, 3.8) is 0 Å². The Morgan fingerprint density at radius 2 is 2.16 bits per heavy atom. The van der Waals surface area contributed by atoms with Crippen molar-refractivity contribution >= 4 is 5.91 Å². The predicted octanol–water partition coefficient (Wildman–Crippen LogP) is 0.992. The van der Waals surface area contributed by atoms with Gasteiger partial charge in [-0.25, -0.2) is 0 Å². The molecule has 8 heteroatoms. The van der Waals surface area contributed by atoms with Gasteiger partial charge in [-0.05, 0) is 6.92 Å². The fourth-order valence-corrected chi connectivity index (χ4v) is 1.27. The number of aromatic nitrogens is 1. The number of hydrogen-bond acceptors (Lipinski definition) is 3. The van der Waals surface area contributed by atoms with Gasteiger partial charge in [-0.15, -0.1) is 0 Å². The molecule has 19 heavy (non-hydrogen) atoms. The molecule has 0 saturated heterocycles. The number of carbonyl (C=O) groups is 1. The van der Waals surface area contributed by atoms with Crippen molar-refractivity contribution in [1.82, 2.24) is 10.3 Å². The third-order valence-corrected chi connectivity index (χ3v) is 2.10. The molecule has 0 unspecified atom stereocenters. The topological polar surface area (TPSA) is 71.2 Å². The van der Waals surface area contributed by atoms with E-state index >= 15 is 0 Å². The number of H-pyrrole nitrogens is 1. The monoisotopic (exact) mass is 278 g/mol. The molecule has 0 radical (unpaired) electrons. The Morgan fingerprint density at radius 3 is 2.74 bits per heavy atom. The summed E-state index contributed by atoms with van der Waals surface area (Å²) < 4.78 is 39.5. The summed E-state index contributed by atoms with van der Waals surface area (Å²) >= 11 is 0. The summed E-state index contributed by atoms with van der Waals surface area (Å²) in [5.74, 6) is -0.656. The van der Waals surface area contributed by atoms with E-state index in [0.29, 0.717) is 5.69 Å². The molecule has 1 aromatic rings. The van der Waals surface area contributed by atoms with E-state index in [1.165, 1.54) is 12.3 Å². The number of rotatable bonds is 5. The average Bonchev–Trinajstić information content (AvgIpc) is 2.26. The Labute approximate surface area is 106 Å². The zero-order chi connectivity index (χ0) is 14.5. The Kier molecular flexibility index (Phi) is 5.11. The van der Waals surface area contributed by atoms with Crippen molar-refractivity contribution in [1.29, 1.82) is 0 Å². The number of ether oxygens (including phenoxy) is 1. The van der Waals surface area contributed by atoms with Crippen LogP contribution < -0.4 is 10.7 Å². The molecule has 5 nitrogen and oxygen atoms in total. The van der Waals surface area contributed by atoms with E-state index < -0.39 is 24.1 Å². The normalized spacial score (nSPS) is 11.4. The minimum Gasteiger partial charge on any atom is -0.370 e. The van der Waals surface area contributed by atoms with E-state index in [-0.39, 0.29) is 18.7 Å². The zero-order valence-corrected chi connectivity index (χ0v) is 10.1. The van der Waals surface area contributed by atoms with Crippen molar-refractivity contribution in [3.05, 3.63) is 33.7 Å². The van der Waals surface area contributed by atoms with Gasteiger partial charge in [-0.2, -0.15) is 13.2 Å². The number of amides is 1. The molecular formula is C11H13F3N2O3. The summed E-state index contributed by atoms with van der Waals surface area (Å²) in [5.41, 5.74) is 0.0569. The first kappa shape index (κ1) is 15.2. The molecule has 0 aliphatic heterocycles. The minimum absolute atomic E-state index is 0.0959. The number of nitrogens with one attached hydrogen (secondary N) is 2. The highest BCUT2D eigenvalue weighted by Crippen LogP contribution is 2.13. The Balaban J connectivity index is 2.38. The van der Waals surface area contributed by atoms with E-state index in [0.717, 1.165) is 0 Å². The van der Waals surface area contributed by atoms with Crippen molar-refractivity contribution < 1.29 is 22.7 Å². The van der Waals surface area contributed by atoms with E-state index in [4.69, 9.17) is 0 Å². The van der Waals surface area contributed by atoms with Crippen LogP contribution in [0.25, 0.3) is 0 Å². The predicted molar refractivity (Wildman–Crippen MR) is 61.0 cm³/mol. The van der Waals surface area contributed by atoms with Crippen LogP contribution in [0.2, 0.25) is 0 Å². The molecule has 2 N–H and O–H groups in total. The second kappa shape index (κ2) is 6.37. The van der Waals surface area contributed by atoms with Crippen LogP contribution in [0.5, 0.6) is 0 Å². The lowest BCUT2D eigenvalue weighted by Gasteiger charge is -2.08. The lowest BCUT2D eigenvalue weighted by atomic mass is 10.2. The number of aryl methyl sites for hydroxylation is 1. The molecule has 0 fully saturated rings. The zero-order valence-electron chi connectivity index (χ0n) is 10.1. The van der Waals surface area contributed by atoms with Crippen molar-refractivity contribution in [2.45, 2.75) is 13.1 Å². The molecule has 0 spiro atoms. The van der Waals surface area contributed by atoms with Gasteiger partial charge in [0.25, 0.3) is 5.91 Å². The van der Waals surface area contributed by atoms with Gasteiger partial charge in [0, 0.05) is 24.5 Å². The maximum Gasteiger partial charge on any atom is 0.411 e. The molecule has 0 bridgehead atoms. The molecule has 106 valence electrons. The van der Waals surface area contributed by atoms with Gasteiger partial charge in [0.05, 0.1) is 6.61 Å². The van der Waals surface area contributed by atoms with E-state index in [2.05, 4.69) is 15.0 Å². The molecule has 0 aliphatic carbocycles. The van der Waals surface area contributed by atoms with Gasteiger partial charge in [0.2, 0.25) is 0 Å². The van der Waals surface area contributed by atoms with Gasteiger partial charge in [0.1, 0.15) is 12.2 Å². The summed E-state index contributed by atoms with van der Waals surface area (Å²) in [6.07, 6.45) is -3.14. The van der Waals surface area contributed by atoms with Gasteiger partial charge in [-0.3, -0.25) is 9.59 Å². The fourth-order valence-electron chi connectivity index (χ4n) is 1.27. The summed E-state index contributed by atoms with van der Waals surface area (Å²) in [6.45, 7) is -0.0979. The van der Waals surface area contributed by atoms with E-state index in [1.807, 2.05) is 0 Å². The maximum atomic E-state index is 11.7. The van der Waals surface area contributed by atoms with Crippen LogP contribution in [0.1, 0.15) is 16.1 Å². The second-order valence-corrected chi connectivity index (χ2v) is 3.82. The summed E-state index contributed by atoms with van der Waals surface area (Å²) in [5, 5.41) is 2.29. The number of aromatic amines is 1. The van der Waals surface area contributed by atoms with Crippen LogP contribution >= 0.6 is 0 Å². The minimum atomic E-state index is -4.39. The van der Waals surface area contributed by atoms with Gasteiger partial charge < -0.3 is 15.0 Å². The molecule has 1 heterocycles. The Morgan fingerprint density at radius 1 is 1.47 bits per heavy atom. The standard InChI is InChI=1S/C11H13F3N2O3/c1-7-4-9(17)8(5-16-7)10(18)15-2-3-19-6-11(12,13)14/h4-5H,2-3,6H2,1H3,(H,15,18)(H,16,17). The number of pyridine rings is 1. The highest BCUT2D eigenvalue weighted by atomic mass is 19.4. The first-order chi connectivity index (χ1) is 8.79. The van der Waals surface area contributed by atoms with Gasteiger partial charge in [-0.1, -0.05) is 0 Å². The van der Waals surface area contributed by atoms with Crippen LogP contribution in [-0.2, 0) is 4.74 Å². The van der Waals surface area contributed by atoms with Crippen LogP contribution in [0.3, 0.4) is 0 Å². The molecular weight excluding hydrogens is 265 g/mol. The van der Waals surface area contributed by atoms with Crippen LogP contribution in [0.15, 0.2) is 17.1 Å². The molecule has 0 aromatic carbocycles. The molecule has 1 rings (SSSR count). The van der Waals surface area contributed by atoms with E-state index in [1.54, 1.807) is 6.92 Å². The lowest BCUT2D eigenvalue weighted by Crippen LogP contribution is -2.32. The smallest absolute Gasteiger partial charge is 0.370 e. The van der Waals surface area contributed by atoms with Crippen LogP contribution in [-0.4, -0.2) is 36.8 Å². The van der Waals surface area contributed by atoms with Gasteiger partial charge >= 0.3 is 6.18 Å². The Bertz CT molecular complexity index is 497. The summed E-state index contributed by atoms with van der Waals surface area (Å²) in [4.78, 5) is 25.7. The van der Waals surface area contributed by atoms with Gasteiger partial charge in [0.15, 0.2) is 5.43 Å². The molecule has 0 atom stereocenters. The number of hydrogen-bond donors (Lipinski definition) is 2. The highest BCUT2D eigenvalue weighted by molar-refractivity contribution is 5.93. The fraction of sp³-hybridized carbons (Fsp3) is 0.455. The Hall–Kier alpha value is -1.83. The first-order valence-electron chi connectivity index (χ1n) is 5.41. The molecule has 0 aliphatic rings. The third kappa shape index (κ3) is 5.56. The lowest BCUT2D eigenvalue weighted by molar-refractivity contribution is -0.173. The quantitative estimate of drug-likeness (QED) is 0.789. The summed E-state index contributed by atoms with van der Waals surface area (Å²) in [7, 11) is 0. The third-order valence-electron chi connectivity index (χ3n) is 2.10. The number of halogens is 3. The summed E-state index contributed by atoms with van der Waals surface area (Å²) in [6, 6.07) is 1.26.